The van der Waals surface area contributed by atoms with Crippen LogP contribution >= 0.6 is 0 Å². The number of nitrogens with zero attached hydrogens (tertiary/aromatic N) is 1. The number of ether oxygens (including phenoxy) is 1. The molecule has 1 aromatic heterocycles. The molecule has 0 bridgehead atoms. The molecule has 4 heteroatoms. The van der Waals surface area contributed by atoms with Crippen molar-refractivity contribution in [1.29, 1.82) is 0 Å². The van der Waals surface area contributed by atoms with Crippen molar-refractivity contribution in [1.82, 2.24) is 4.57 Å². The molecule has 0 amide bonds. The summed E-state index contributed by atoms with van der Waals surface area (Å²) >= 11 is 0. The summed E-state index contributed by atoms with van der Waals surface area (Å²) in [4.78, 5) is 12.0. The van der Waals surface area contributed by atoms with Gasteiger partial charge in [0.05, 0.1) is 12.8 Å². The molecule has 0 saturated heterocycles. The minimum atomic E-state index is -0.278. The van der Waals surface area contributed by atoms with E-state index < -0.39 is 0 Å². The van der Waals surface area contributed by atoms with Gasteiger partial charge in [-0.05, 0) is 31.5 Å². The van der Waals surface area contributed by atoms with Crippen LogP contribution in [0.5, 0.6) is 11.5 Å². The number of aromatic hydroxyl groups is 1. The Morgan fingerprint density at radius 2 is 1.94 bits per heavy atom. The number of methoxy groups -OCH3 is 1. The minimum Gasteiger partial charge on any atom is -0.508 e. The van der Waals surface area contributed by atoms with Crippen molar-refractivity contribution in [2.75, 3.05) is 7.11 Å². The SMILES string of the molecule is COc1cccc(C)c1-n1c(C)cc(O)cc1=O. The van der Waals surface area contributed by atoms with Crippen molar-refractivity contribution >= 4 is 0 Å². The van der Waals surface area contributed by atoms with Gasteiger partial charge in [0.25, 0.3) is 5.56 Å². The number of pyridine rings is 1. The van der Waals surface area contributed by atoms with Crippen LogP contribution in [0.1, 0.15) is 11.3 Å². The molecule has 0 atom stereocenters. The fourth-order valence-corrected chi connectivity index (χ4v) is 2.05. The predicted molar refractivity (Wildman–Crippen MR) is 69.7 cm³/mol. The minimum absolute atomic E-state index is 0.0266. The summed E-state index contributed by atoms with van der Waals surface area (Å²) in [5, 5.41) is 9.42. The van der Waals surface area contributed by atoms with Crippen molar-refractivity contribution in [3.8, 4) is 17.2 Å². The van der Waals surface area contributed by atoms with Gasteiger partial charge in [-0.3, -0.25) is 9.36 Å². The van der Waals surface area contributed by atoms with Crippen molar-refractivity contribution in [2.24, 2.45) is 0 Å². The van der Waals surface area contributed by atoms with Crippen LogP contribution in [-0.4, -0.2) is 16.8 Å². The summed E-state index contributed by atoms with van der Waals surface area (Å²) in [6.07, 6.45) is 0. The largest absolute Gasteiger partial charge is 0.508 e. The van der Waals surface area contributed by atoms with Gasteiger partial charge in [0.15, 0.2) is 0 Å². The molecule has 0 aliphatic carbocycles. The predicted octanol–water partition coefficient (Wildman–Crippen LogP) is 2.17. The maximum Gasteiger partial charge on any atom is 0.259 e. The Morgan fingerprint density at radius 3 is 2.56 bits per heavy atom. The van der Waals surface area contributed by atoms with Crippen LogP contribution in [0.25, 0.3) is 5.69 Å². The molecule has 1 N–H and O–H groups in total. The highest BCUT2D eigenvalue weighted by molar-refractivity contribution is 5.53. The first-order valence-electron chi connectivity index (χ1n) is 5.61. The Balaban J connectivity index is 2.81. The molecule has 1 aromatic carbocycles. The molecule has 0 radical (unpaired) electrons. The molecule has 2 aromatic rings. The van der Waals surface area contributed by atoms with Gasteiger partial charge in [-0.25, -0.2) is 0 Å². The van der Waals surface area contributed by atoms with E-state index in [0.717, 1.165) is 5.56 Å². The standard InChI is InChI=1S/C14H15NO3/c1-9-5-4-6-12(18-3)14(9)15-10(2)7-11(16)8-13(15)17/h4-8,16H,1-3H3. The van der Waals surface area contributed by atoms with E-state index in [-0.39, 0.29) is 11.3 Å². The van der Waals surface area contributed by atoms with Crippen molar-refractivity contribution in [3.63, 3.8) is 0 Å². The summed E-state index contributed by atoms with van der Waals surface area (Å²) < 4.78 is 6.83. The molecular formula is C14H15NO3. The number of hydrogen-bond acceptors (Lipinski definition) is 3. The highest BCUT2D eigenvalue weighted by atomic mass is 16.5. The van der Waals surface area contributed by atoms with E-state index >= 15 is 0 Å². The molecule has 0 fully saturated rings. The van der Waals surface area contributed by atoms with E-state index in [2.05, 4.69) is 0 Å². The van der Waals surface area contributed by atoms with Gasteiger partial charge < -0.3 is 9.84 Å². The topological polar surface area (TPSA) is 51.5 Å². The Labute approximate surface area is 105 Å². The summed E-state index contributed by atoms with van der Waals surface area (Å²) in [5.74, 6) is 0.604. The summed E-state index contributed by atoms with van der Waals surface area (Å²) in [6.45, 7) is 3.68. The Kier molecular flexibility index (Phi) is 3.10. The zero-order valence-corrected chi connectivity index (χ0v) is 10.6. The van der Waals surface area contributed by atoms with E-state index in [0.29, 0.717) is 17.1 Å². The highest BCUT2D eigenvalue weighted by Crippen LogP contribution is 2.26. The lowest BCUT2D eigenvalue weighted by molar-refractivity contribution is 0.411. The first-order chi connectivity index (χ1) is 8.54. The Bertz CT molecular complexity index is 644. The van der Waals surface area contributed by atoms with Crippen LogP contribution in [0.4, 0.5) is 0 Å². The van der Waals surface area contributed by atoms with Gasteiger partial charge in [0.1, 0.15) is 11.5 Å². The monoisotopic (exact) mass is 245 g/mol. The highest BCUT2D eigenvalue weighted by Gasteiger charge is 2.12. The molecule has 0 aliphatic rings. The molecule has 0 unspecified atom stereocenters. The summed E-state index contributed by atoms with van der Waals surface area (Å²) in [5.41, 5.74) is 2.03. The lowest BCUT2D eigenvalue weighted by Crippen LogP contribution is -2.20. The van der Waals surface area contributed by atoms with Crippen LogP contribution in [0.15, 0.2) is 35.1 Å². The van der Waals surface area contributed by atoms with Crippen molar-refractivity contribution in [3.05, 3.63) is 51.9 Å². The second kappa shape index (κ2) is 4.56. The molecular weight excluding hydrogens is 230 g/mol. The van der Waals surface area contributed by atoms with Crippen molar-refractivity contribution < 1.29 is 9.84 Å². The summed E-state index contributed by atoms with van der Waals surface area (Å²) in [7, 11) is 1.57. The van der Waals surface area contributed by atoms with Crippen molar-refractivity contribution in [2.45, 2.75) is 13.8 Å². The van der Waals surface area contributed by atoms with Crippen LogP contribution in [0, 0.1) is 13.8 Å². The average Bonchev–Trinajstić information content (AvgIpc) is 2.29. The first kappa shape index (κ1) is 12.2. The van der Waals surface area contributed by atoms with Gasteiger partial charge in [-0.2, -0.15) is 0 Å². The molecule has 18 heavy (non-hydrogen) atoms. The third-order valence-corrected chi connectivity index (χ3v) is 2.85. The maximum atomic E-state index is 12.0. The number of aromatic nitrogens is 1. The smallest absolute Gasteiger partial charge is 0.259 e. The molecule has 94 valence electrons. The van der Waals surface area contributed by atoms with Gasteiger partial charge in [0.2, 0.25) is 0 Å². The molecule has 1 heterocycles. The van der Waals surface area contributed by atoms with Crippen LogP contribution in [0.2, 0.25) is 0 Å². The molecule has 0 aliphatic heterocycles. The van der Waals surface area contributed by atoms with Crippen LogP contribution < -0.4 is 10.3 Å². The van der Waals surface area contributed by atoms with E-state index in [4.69, 9.17) is 4.74 Å². The van der Waals surface area contributed by atoms with Gasteiger partial charge in [-0.15, -0.1) is 0 Å². The van der Waals surface area contributed by atoms with E-state index in [1.807, 2.05) is 19.1 Å². The maximum absolute atomic E-state index is 12.0. The third-order valence-electron chi connectivity index (χ3n) is 2.85. The van der Waals surface area contributed by atoms with E-state index in [1.54, 1.807) is 26.2 Å². The number of para-hydroxylation sites is 1. The van der Waals surface area contributed by atoms with Gasteiger partial charge >= 0.3 is 0 Å². The zero-order valence-electron chi connectivity index (χ0n) is 10.6. The quantitative estimate of drug-likeness (QED) is 0.882. The normalized spacial score (nSPS) is 10.4. The van der Waals surface area contributed by atoms with E-state index in [9.17, 15) is 9.90 Å². The molecule has 0 saturated carbocycles. The first-order valence-corrected chi connectivity index (χ1v) is 5.61. The lowest BCUT2D eigenvalue weighted by atomic mass is 10.1. The van der Waals surface area contributed by atoms with Gasteiger partial charge in [0, 0.05) is 11.8 Å². The molecule has 0 spiro atoms. The Hall–Kier alpha value is -2.23. The molecule has 2 rings (SSSR count). The third kappa shape index (κ3) is 1.97. The average molecular weight is 245 g/mol. The fraction of sp³-hybridized carbons (Fsp3) is 0.214. The number of rotatable bonds is 2. The van der Waals surface area contributed by atoms with Crippen LogP contribution in [-0.2, 0) is 0 Å². The van der Waals surface area contributed by atoms with Crippen LogP contribution in [0.3, 0.4) is 0 Å². The summed E-state index contributed by atoms with van der Waals surface area (Å²) in [6, 6.07) is 8.34. The second-order valence-electron chi connectivity index (χ2n) is 4.15. The zero-order chi connectivity index (χ0) is 13.3. The van der Waals surface area contributed by atoms with Gasteiger partial charge in [-0.1, -0.05) is 12.1 Å². The number of aryl methyl sites for hydroxylation is 2. The second-order valence-corrected chi connectivity index (χ2v) is 4.15. The number of benzene rings is 1. The van der Waals surface area contributed by atoms with E-state index in [1.165, 1.54) is 10.6 Å². The number of hydrogen-bond donors (Lipinski definition) is 1. The Morgan fingerprint density at radius 1 is 1.22 bits per heavy atom. The lowest BCUT2D eigenvalue weighted by Gasteiger charge is -2.16. The molecule has 4 nitrogen and oxygen atoms in total. The fourth-order valence-electron chi connectivity index (χ4n) is 2.05.